The maximum absolute atomic E-state index is 10.6. The minimum absolute atomic E-state index is 0.415. The molecule has 0 atom stereocenters. The van der Waals surface area contributed by atoms with Crippen molar-refractivity contribution in [3.8, 4) is 0 Å². The fourth-order valence-corrected chi connectivity index (χ4v) is 3.28. The SMILES string of the molecule is Cc1ccc(C2(O)CCC(C)(C)CC2)s1. The zero-order chi connectivity index (χ0) is 11.1. The number of rotatable bonds is 1. The second kappa shape index (κ2) is 3.60. The molecule has 2 rings (SSSR count). The molecule has 2 heteroatoms. The number of aliphatic hydroxyl groups is 1. The lowest BCUT2D eigenvalue weighted by Crippen LogP contribution is -2.33. The van der Waals surface area contributed by atoms with Crippen LogP contribution in [0.25, 0.3) is 0 Å². The van der Waals surface area contributed by atoms with Crippen molar-refractivity contribution in [1.29, 1.82) is 0 Å². The van der Waals surface area contributed by atoms with Crippen molar-refractivity contribution in [1.82, 2.24) is 0 Å². The van der Waals surface area contributed by atoms with E-state index in [0.29, 0.717) is 5.41 Å². The van der Waals surface area contributed by atoms with Crippen molar-refractivity contribution >= 4 is 11.3 Å². The monoisotopic (exact) mass is 224 g/mol. The van der Waals surface area contributed by atoms with Crippen molar-refractivity contribution < 1.29 is 5.11 Å². The Labute approximate surface area is 96.1 Å². The Hall–Kier alpha value is -0.340. The average Bonchev–Trinajstić information content (AvgIpc) is 2.59. The van der Waals surface area contributed by atoms with Gasteiger partial charge in [0.15, 0.2) is 0 Å². The van der Waals surface area contributed by atoms with E-state index < -0.39 is 5.60 Å². The normalized spacial score (nSPS) is 24.0. The summed E-state index contributed by atoms with van der Waals surface area (Å²) in [4.78, 5) is 2.46. The molecular formula is C13H20OS. The van der Waals surface area contributed by atoms with Crippen molar-refractivity contribution in [3.63, 3.8) is 0 Å². The van der Waals surface area contributed by atoms with Crippen LogP contribution in [0.3, 0.4) is 0 Å². The molecule has 1 aliphatic rings. The Kier molecular flexibility index (Phi) is 2.68. The van der Waals surface area contributed by atoms with Gasteiger partial charge in [0, 0.05) is 9.75 Å². The van der Waals surface area contributed by atoms with E-state index >= 15 is 0 Å². The van der Waals surface area contributed by atoms with Crippen LogP contribution in [0.4, 0.5) is 0 Å². The molecule has 1 fully saturated rings. The van der Waals surface area contributed by atoms with Crippen LogP contribution in [-0.4, -0.2) is 5.11 Å². The van der Waals surface area contributed by atoms with Crippen LogP contribution >= 0.6 is 11.3 Å². The molecule has 0 spiro atoms. The summed E-state index contributed by atoms with van der Waals surface area (Å²) in [5, 5.41) is 10.6. The first kappa shape index (κ1) is 11.2. The summed E-state index contributed by atoms with van der Waals surface area (Å²) < 4.78 is 0. The summed E-state index contributed by atoms with van der Waals surface area (Å²) in [6, 6.07) is 4.20. The van der Waals surface area contributed by atoms with Gasteiger partial charge in [0.2, 0.25) is 0 Å². The highest BCUT2D eigenvalue weighted by Crippen LogP contribution is 2.46. The quantitative estimate of drug-likeness (QED) is 0.768. The zero-order valence-electron chi connectivity index (χ0n) is 9.84. The van der Waals surface area contributed by atoms with E-state index in [1.54, 1.807) is 11.3 Å². The van der Waals surface area contributed by atoms with Crippen LogP contribution in [0, 0.1) is 12.3 Å². The smallest absolute Gasteiger partial charge is 0.0988 e. The average molecular weight is 224 g/mol. The number of aryl methyl sites for hydroxylation is 1. The summed E-state index contributed by atoms with van der Waals surface area (Å²) in [5.74, 6) is 0. The maximum atomic E-state index is 10.6. The number of thiophene rings is 1. The van der Waals surface area contributed by atoms with Crippen LogP contribution in [0.5, 0.6) is 0 Å². The van der Waals surface area contributed by atoms with Gasteiger partial charge in [-0.05, 0) is 50.2 Å². The highest BCUT2D eigenvalue weighted by atomic mass is 32.1. The first-order valence-corrected chi connectivity index (χ1v) is 6.52. The van der Waals surface area contributed by atoms with Crippen LogP contribution < -0.4 is 0 Å². The minimum atomic E-state index is -0.533. The fourth-order valence-electron chi connectivity index (χ4n) is 2.27. The first-order valence-electron chi connectivity index (χ1n) is 5.71. The Morgan fingerprint density at radius 1 is 1.13 bits per heavy atom. The molecule has 1 aromatic rings. The third-order valence-corrected chi connectivity index (χ3v) is 4.82. The lowest BCUT2D eigenvalue weighted by molar-refractivity contribution is -0.0276. The summed E-state index contributed by atoms with van der Waals surface area (Å²) in [6.45, 7) is 6.70. The van der Waals surface area contributed by atoms with E-state index in [1.165, 1.54) is 4.88 Å². The largest absolute Gasteiger partial charge is 0.384 e. The summed E-state index contributed by atoms with van der Waals surface area (Å²) in [7, 11) is 0. The molecule has 15 heavy (non-hydrogen) atoms. The van der Waals surface area contributed by atoms with Gasteiger partial charge >= 0.3 is 0 Å². The van der Waals surface area contributed by atoms with E-state index in [0.717, 1.165) is 30.6 Å². The Morgan fingerprint density at radius 3 is 2.20 bits per heavy atom. The van der Waals surface area contributed by atoms with Crippen molar-refractivity contribution in [2.75, 3.05) is 0 Å². The summed E-state index contributed by atoms with van der Waals surface area (Å²) in [6.07, 6.45) is 4.08. The van der Waals surface area contributed by atoms with Crippen LogP contribution in [0.15, 0.2) is 12.1 Å². The molecule has 1 nitrogen and oxygen atoms in total. The van der Waals surface area contributed by atoms with Gasteiger partial charge < -0.3 is 5.11 Å². The molecule has 0 aromatic carbocycles. The van der Waals surface area contributed by atoms with Crippen molar-refractivity contribution in [2.24, 2.45) is 5.41 Å². The molecule has 84 valence electrons. The molecule has 1 heterocycles. The van der Waals surface area contributed by atoms with E-state index in [9.17, 15) is 5.11 Å². The highest BCUT2D eigenvalue weighted by Gasteiger charge is 2.38. The van der Waals surface area contributed by atoms with E-state index in [-0.39, 0.29) is 0 Å². The molecule has 1 saturated carbocycles. The van der Waals surface area contributed by atoms with Gasteiger partial charge in [-0.15, -0.1) is 11.3 Å². The van der Waals surface area contributed by atoms with Crippen LogP contribution in [0.2, 0.25) is 0 Å². The summed E-state index contributed by atoms with van der Waals surface area (Å²) >= 11 is 1.74. The maximum Gasteiger partial charge on any atom is 0.0988 e. The van der Waals surface area contributed by atoms with Gasteiger partial charge in [0.05, 0.1) is 5.60 Å². The number of hydrogen-bond acceptors (Lipinski definition) is 2. The number of hydrogen-bond donors (Lipinski definition) is 1. The lowest BCUT2D eigenvalue weighted by Gasteiger charge is -2.39. The van der Waals surface area contributed by atoms with Crippen LogP contribution in [-0.2, 0) is 5.60 Å². The zero-order valence-corrected chi connectivity index (χ0v) is 10.7. The van der Waals surface area contributed by atoms with Gasteiger partial charge in [0.25, 0.3) is 0 Å². The Bertz CT molecular complexity index is 341. The molecule has 0 radical (unpaired) electrons. The topological polar surface area (TPSA) is 20.2 Å². The van der Waals surface area contributed by atoms with E-state index in [4.69, 9.17) is 0 Å². The van der Waals surface area contributed by atoms with Gasteiger partial charge in [-0.2, -0.15) is 0 Å². The summed E-state index contributed by atoms with van der Waals surface area (Å²) in [5.41, 5.74) is -0.118. The molecule has 1 aliphatic carbocycles. The second-order valence-corrected chi connectivity index (χ2v) is 6.89. The van der Waals surface area contributed by atoms with Crippen LogP contribution in [0.1, 0.15) is 49.3 Å². The van der Waals surface area contributed by atoms with E-state index in [2.05, 4.69) is 32.9 Å². The third kappa shape index (κ3) is 2.26. The Balaban J connectivity index is 2.16. The fraction of sp³-hybridized carbons (Fsp3) is 0.692. The molecular weight excluding hydrogens is 204 g/mol. The highest BCUT2D eigenvalue weighted by molar-refractivity contribution is 7.12. The van der Waals surface area contributed by atoms with Gasteiger partial charge in [-0.3, -0.25) is 0 Å². The second-order valence-electron chi connectivity index (χ2n) is 5.61. The first-order chi connectivity index (χ1) is 6.91. The van der Waals surface area contributed by atoms with Crippen molar-refractivity contribution in [3.05, 3.63) is 21.9 Å². The Morgan fingerprint density at radius 2 is 1.73 bits per heavy atom. The molecule has 0 unspecified atom stereocenters. The molecule has 1 N–H and O–H groups in total. The molecule has 0 amide bonds. The lowest BCUT2D eigenvalue weighted by atomic mass is 9.70. The van der Waals surface area contributed by atoms with Gasteiger partial charge in [-0.25, -0.2) is 0 Å². The van der Waals surface area contributed by atoms with Crippen molar-refractivity contribution in [2.45, 2.75) is 52.1 Å². The predicted molar refractivity (Wildman–Crippen MR) is 65.2 cm³/mol. The predicted octanol–water partition coefficient (Wildman–Crippen LogP) is 3.84. The molecule has 0 aliphatic heterocycles. The van der Waals surface area contributed by atoms with Gasteiger partial charge in [0.1, 0.15) is 0 Å². The van der Waals surface area contributed by atoms with Gasteiger partial charge in [-0.1, -0.05) is 13.8 Å². The minimum Gasteiger partial charge on any atom is -0.384 e. The third-order valence-electron chi connectivity index (χ3n) is 3.63. The molecule has 0 saturated heterocycles. The molecule has 1 aromatic heterocycles. The standard InChI is InChI=1S/C13H20OS/c1-10-4-5-11(15-10)13(14)8-6-12(2,3)7-9-13/h4-5,14H,6-9H2,1-3H3. The molecule has 0 bridgehead atoms. The van der Waals surface area contributed by atoms with E-state index in [1.807, 2.05) is 0 Å².